The van der Waals surface area contributed by atoms with Gasteiger partial charge in [-0.15, -0.1) is 5.10 Å². The van der Waals surface area contributed by atoms with Gasteiger partial charge in [-0.05, 0) is 46.3 Å². The molecule has 2 aliphatic heterocycles. The van der Waals surface area contributed by atoms with Crippen LogP contribution in [0, 0.1) is 0 Å². The predicted molar refractivity (Wildman–Crippen MR) is 115 cm³/mol. The van der Waals surface area contributed by atoms with Crippen LogP contribution >= 0.6 is 0 Å². The molecule has 2 atom stereocenters. The zero-order chi connectivity index (χ0) is 23.2. The highest BCUT2D eigenvalue weighted by molar-refractivity contribution is 5.75. The van der Waals surface area contributed by atoms with Crippen molar-refractivity contribution in [3.63, 3.8) is 0 Å². The second kappa shape index (κ2) is 7.93. The molecule has 1 amide bonds. The zero-order valence-corrected chi connectivity index (χ0v) is 18.6. The molecule has 3 heterocycles. The van der Waals surface area contributed by atoms with E-state index in [4.69, 9.17) is 24.7 Å². The van der Waals surface area contributed by atoms with Crippen molar-refractivity contribution in [2.24, 2.45) is 5.73 Å². The van der Waals surface area contributed by atoms with Crippen LogP contribution in [0.4, 0.5) is 0 Å². The highest BCUT2D eigenvalue weighted by Gasteiger charge is 2.48. The Balaban J connectivity index is 1.73. The van der Waals surface area contributed by atoms with Gasteiger partial charge in [0.15, 0.2) is 24.1 Å². The van der Waals surface area contributed by atoms with Crippen LogP contribution in [-0.4, -0.2) is 71.7 Å². The molecule has 0 bridgehead atoms. The number of benzene rings is 2. The van der Waals surface area contributed by atoms with Crippen molar-refractivity contribution in [1.82, 2.24) is 20.2 Å². The van der Waals surface area contributed by atoms with Gasteiger partial charge in [-0.3, -0.25) is 4.79 Å². The average molecular weight is 453 g/mol. The zero-order valence-electron chi connectivity index (χ0n) is 18.6. The summed E-state index contributed by atoms with van der Waals surface area (Å²) in [6, 6.07) is 8.96. The number of hydrogen-bond donors (Lipinski definition) is 1. The molecule has 1 aromatic heterocycles. The van der Waals surface area contributed by atoms with Crippen LogP contribution in [0.3, 0.4) is 0 Å². The van der Waals surface area contributed by atoms with E-state index in [1.165, 1.54) is 0 Å². The summed E-state index contributed by atoms with van der Waals surface area (Å²) >= 11 is 0. The van der Waals surface area contributed by atoms with E-state index in [1.807, 2.05) is 37.4 Å². The Morgan fingerprint density at radius 1 is 1.24 bits per heavy atom. The molecule has 2 aromatic carbocycles. The Morgan fingerprint density at radius 2 is 2.03 bits per heavy atom. The van der Waals surface area contributed by atoms with Crippen LogP contribution in [0.25, 0.3) is 5.69 Å². The van der Waals surface area contributed by atoms with Crippen LogP contribution in [0.5, 0.6) is 23.0 Å². The minimum atomic E-state index is -0.442. The lowest BCUT2D eigenvalue weighted by Crippen LogP contribution is -2.56. The fourth-order valence-corrected chi connectivity index (χ4v) is 4.81. The first-order valence-corrected chi connectivity index (χ1v) is 10.5. The lowest BCUT2D eigenvalue weighted by molar-refractivity contribution is -0.929. The quantitative estimate of drug-likeness (QED) is 0.548. The first-order chi connectivity index (χ1) is 15.9. The maximum atomic E-state index is 12.1. The van der Waals surface area contributed by atoms with Crippen molar-refractivity contribution in [2.75, 3.05) is 41.1 Å². The number of nitrogens with two attached hydrogens (primary N) is 1. The molecule has 0 radical (unpaired) electrons. The topological polar surface area (TPSA) is 124 Å². The van der Waals surface area contributed by atoms with Gasteiger partial charge in [-0.25, -0.2) is 0 Å². The molecular weight excluding hydrogens is 428 g/mol. The van der Waals surface area contributed by atoms with Crippen LogP contribution < -0.4 is 24.7 Å². The number of hydrogen-bond acceptors (Lipinski definition) is 8. The molecule has 11 heteroatoms. The van der Waals surface area contributed by atoms with Gasteiger partial charge < -0.3 is 29.2 Å². The summed E-state index contributed by atoms with van der Waals surface area (Å²) in [4.78, 5) is 12.1. The number of fused-ring (bicyclic) bond motifs is 2. The molecule has 0 aliphatic carbocycles. The summed E-state index contributed by atoms with van der Waals surface area (Å²) in [5.74, 6) is 2.61. The molecule has 0 saturated carbocycles. The number of likely N-dealkylation sites (N-methyl/N-ethyl adjacent to an activating group) is 1. The van der Waals surface area contributed by atoms with Gasteiger partial charge in [0, 0.05) is 6.42 Å². The summed E-state index contributed by atoms with van der Waals surface area (Å²) in [5.41, 5.74) is 8.34. The highest BCUT2D eigenvalue weighted by atomic mass is 16.7. The molecule has 2 aliphatic rings. The Hall–Kier alpha value is -3.86. The number of ether oxygens (including phenoxy) is 4. The summed E-state index contributed by atoms with van der Waals surface area (Å²) in [6.07, 6.45) is 0.701. The highest BCUT2D eigenvalue weighted by Crippen LogP contribution is 2.52. The van der Waals surface area contributed by atoms with E-state index in [-0.39, 0.29) is 17.8 Å². The molecular formula is C22H25N6O5+. The number of amides is 1. The molecule has 0 saturated heterocycles. The van der Waals surface area contributed by atoms with Crippen molar-refractivity contribution >= 4 is 5.91 Å². The van der Waals surface area contributed by atoms with Crippen LogP contribution in [0.15, 0.2) is 30.3 Å². The number of carbonyl (C=O) groups excluding carboxylic acids is 1. The van der Waals surface area contributed by atoms with Crippen molar-refractivity contribution in [1.29, 1.82) is 0 Å². The van der Waals surface area contributed by atoms with Gasteiger partial charge in [0.2, 0.25) is 18.4 Å². The standard InChI is InChI=1S/C22H24N6O5/c1-28(11-17(23)29)9-8-13-10-16-20(33-12-32-16)21(31-3)18(13)19(28)22-24-25-26-27(22)14-4-6-15(30-2)7-5-14/h4-7,10,19H,8-9,11-12H2,1-3H3,(H-,23,29)/p+1/t19-,28-/m1/s1. The van der Waals surface area contributed by atoms with E-state index < -0.39 is 11.9 Å². The fraction of sp³-hybridized carbons (Fsp3) is 0.364. The Morgan fingerprint density at radius 3 is 2.73 bits per heavy atom. The van der Waals surface area contributed by atoms with Crippen molar-refractivity contribution in [3.8, 4) is 28.7 Å². The number of aromatic nitrogens is 4. The second-order valence-corrected chi connectivity index (χ2v) is 8.34. The van der Waals surface area contributed by atoms with Gasteiger partial charge in [-0.1, -0.05) is 0 Å². The molecule has 5 rings (SSSR count). The molecule has 11 nitrogen and oxygen atoms in total. The van der Waals surface area contributed by atoms with E-state index in [1.54, 1.807) is 18.9 Å². The predicted octanol–water partition coefficient (Wildman–Crippen LogP) is 0.986. The minimum Gasteiger partial charge on any atom is -0.497 e. The molecule has 0 unspecified atom stereocenters. The second-order valence-electron chi connectivity index (χ2n) is 8.34. The van der Waals surface area contributed by atoms with Gasteiger partial charge in [0.05, 0.1) is 39.1 Å². The van der Waals surface area contributed by atoms with Gasteiger partial charge in [0.25, 0.3) is 5.91 Å². The Labute approximate surface area is 190 Å². The SMILES string of the molecule is COc1ccc(-n2nnnc2[C@H]2c3c(cc4c(c3OC)OCO4)CC[N@+]2(C)CC(N)=O)cc1. The maximum Gasteiger partial charge on any atom is 0.272 e. The molecule has 172 valence electrons. The summed E-state index contributed by atoms with van der Waals surface area (Å²) in [5, 5.41) is 12.6. The number of tetrazole rings is 1. The molecule has 0 spiro atoms. The van der Waals surface area contributed by atoms with E-state index in [0.29, 0.717) is 36.0 Å². The summed E-state index contributed by atoms with van der Waals surface area (Å²) in [7, 11) is 5.18. The average Bonchev–Trinajstić information content (AvgIpc) is 3.46. The lowest BCUT2D eigenvalue weighted by Gasteiger charge is -2.44. The third-order valence-corrected chi connectivity index (χ3v) is 6.31. The van der Waals surface area contributed by atoms with E-state index in [2.05, 4.69) is 15.5 Å². The molecule has 2 N–H and O–H groups in total. The van der Waals surface area contributed by atoms with Crippen molar-refractivity contribution in [3.05, 3.63) is 47.3 Å². The first-order valence-electron chi connectivity index (χ1n) is 10.5. The number of rotatable bonds is 6. The van der Waals surface area contributed by atoms with Crippen LogP contribution in [0.2, 0.25) is 0 Å². The van der Waals surface area contributed by atoms with Gasteiger partial charge >= 0.3 is 0 Å². The summed E-state index contributed by atoms with van der Waals surface area (Å²) in [6.45, 7) is 0.881. The molecule has 3 aromatic rings. The summed E-state index contributed by atoms with van der Waals surface area (Å²) < 4.78 is 24.4. The number of nitrogens with zero attached hydrogens (tertiary/aromatic N) is 5. The van der Waals surface area contributed by atoms with E-state index >= 15 is 0 Å². The van der Waals surface area contributed by atoms with Crippen LogP contribution in [-0.2, 0) is 11.2 Å². The number of primary amides is 1. The van der Waals surface area contributed by atoms with E-state index in [0.717, 1.165) is 22.6 Å². The minimum absolute atomic E-state index is 0.108. The van der Waals surface area contributed by atoms with Crippen molar-refractivity contribution in [2.45, 2.75) is 12.5 Å². The molecule has 0 fully saturated rings. The third-order valence-electron chi connectivity index (χ3n) is 6.31. The fourth-order valence-electron chi connectivity index (χ4n) is 4.81. The third kappa shape index (κ3) is 3.41. The van der Waals surface area contributed by atoms with E-state index in [9.17, 15) is 4.79 Å². The maximum absolute atomic E-state index is 12.1. The molecule has 33 heavy (non-hydrogen) atoms. The van der Waals surface area contributed by atoms with Crippen LogP contribution in [0.1, 0.15) is 23.0 Å². The number of quaternary nitrogens is 1. The smallest absolute Gasteiger partial charge is 0.272 e. The normalized spacial score (nSPS) is 20.9. The first kappa shape index (κ1) is 21.0. The Kier molecular flexibility index (Phi) is 5.05. The number of methoxy groups -OCH3 is 2. The Bertz CT molecular complexity index is 1210. The number of carbonyl (C=O) groups is 1. The van der Waals surface area contributed by atoms with Gasteiger partial charge in [0.1, 0.15) is 5.75 Å². The largest absolute Gasteiger partial charge is 0.497 e. The monoisotopic (exact) mass is 453 g/mol. The van der Waals surface area contributed by atoms with Gasteiger partial charge in [-0.2, -0.15) is 4.68 Å². The van der Waals surface area contributed by atoms with Crippen molar-refractivity contribution < 1.29 is 28.2 Å². The lowest BCUT2D eigenvalue weighted by atomic mass is 9.88.